The Morgan fingerprint density at radius 1 is 1.19 bits per heavy atom. The molecule has 0 saturated carbocycles. The molecule has 10 nitrogen and oxygen atoms in total. The normalized spacial score (nSPS) is 15.7. The molecule has 158 valence electrons. The summed E-state index contributed by atoms with van der Waals surface area (Å²) >= 11 is 0. The van der Waals surface area contributed by atoms with E-state index in [1.54, 1.807) is 7.11 Å². The maximum atomic E-state index is 8.87. The molecule has 4 rings (SSSR count). The first-order chi connectivity index (χ1) is 15.2. The van der Waals surface area contributed by atoms with Crippen LogP contribution in [-0.4, -0.2) is 59.6 Å². The first-order valence-electron chi connectivity index (χ1n) is 9.82. The van der Waals surface area contributed by atoms with E-state index in [4.69, 9.17) is 14.7 Å². The van der Waals surface area contributed by atoms with Gasteiger partial charge >= 0.3 is 0 Å². The molecule has 10 heteroatoms. The van der Waals surface area contributed by atoms with Gasteiger partial charge in [0.15, 0.2) is 11.5 Å². The maximum absolute atomic E-state index is 8.87. The predicted molar refractivity (Wildman–Crippen MR) is 115 cm³/mol. The average molecular weight is 418 g/mol. The van der Waals surface area contributed by atoms with Crippen LogP contribution in [-0.2, 0) is 4.74 Å². The van der Waals surface area contributed by atoms with Crippen molar-refractivity contribution in [1.82, 2.24) is 25.5 Å². The Morgan fingerprint density at radius 2 is 2.06 bits per heavy atom. The van der Waals surface area contributed by atoms with Gasteiger partial charge in [0.05, 0.1) is 37.9 Å². The molecule has 0 unspecified atom stereocenters. The summed E-state index contributed by atoms with van der Waals surface area (Å²) in [6, 6.07) is 11.4. The van der Waals surface area contributed by atoms with Crippen LogP contribution in [0.3, 0.4) is 0 Å². The molecule has 0 bridgehead atoms. The average Bonchev–Trinajstić information content (AvgIpc) is 2.84. The molecule has 1 atom stereocenters. The van der Waals surface area contributed by atoms with Crippen LogP contribution in [0.1, 0.15) is 5.69 Å². The standard InChI is InChI=1S/C21H22N8O2/c1-30-16-4-2-14(3-5-16)21-18(25-12-17-11-23-6-7-31-17)8-19(28-29-21)27-20-13-24-15(9-22)10-26-20/h2-5,8,10,13,17,23H,6-7,11-12H2,1H3,(H2,25,26,27,28)/t17-/m0/s1. The summed E-state index contributed by atoms with van der Waals surface area (Å²) in [4.78, 5) is 8.18. The van der Waals surface area contributed by atoms with Crippen molar-refractivity contribution in [3.8, 4) is 23.1 Å². The third kappa shape index (κ3) is 5.22. The van der Waals surface area contributed by atoms with Gasteiger partial charge in [-0.2, -0.15) is 5.26 Å². The number of anilines is 3. The van der Waals surface area contributed by atoms with Crippen molar-refractivity contribution >= 4 is 17.3 Å². The van der Waals surface area contributed by atoms with Crippen LogP contribution in [0.4, 0.5) is 17.3 Å². The highest BCUT2D eigenvalue weighted by Crippen LogP contribution is 2.29. The van der Waals surface area contributed by atoms with Crippen molar-refractivity contribution in [3.05, 3.63) is 48.4 Å². The Hall–Kier alpha value is -3.81. The number of nitriles is 1. The third-order valence-electron chi connectivity index (χ3n) is 4.70. The minimum atomic E-state index is 0.0615. The van der Waals surface area contributed by atoms with Crippen molar-refractivity contribution < 1.29 is 9.47 Å². The van der Waals surface area contributed by atoms with Crippen molar-refractivity contribution in [3.63, 3.8) is 0 Å². The van der Waals surface area contributed by atoms with Crippen molar-refractivity contribution in [1.29, 1.82) is 5.26 Å². The summed E-state index contributed by atoms with van der Waals surface area (Å²) < 4.78 is 11.0. The van der Waals surface area contributed by atoms with Gasteiger partial charge in [-0.3, -0.25) is 0 Å². The molecule has 1 fully saturated rings. The van der Waals surface area contributed by atoms with E-state index in [2.05, 4.69) is 36.1 Å². The van der Waals surface area contributed by atoms with Crippen LogP contribution >= 0.6 is 0 Å². The molecule has 0 spiro atoms. The molecule has 1 aliphatic rings. The molecule has 31 heavy (non-hydrogen) atoms. The van der Waals surface area contributed by atoms with Gasteiger partial charge in [0.25, 0.3) is 0 Å². The van der Waals surface area contributed by atoms with Gasteiger partial charge in [-0.1, -0.05) is 0 Å². The lowest BCUT2D eigenvalue weighted by atomic mass is 10.1. The molecule has 0 radical (unpaired) electrons. The highest BCUT2D eigenvalue weighted by molar-refractivity contribution is 5.76. The first kappa shape index (κ1) is 20.5. The molecule has 3 aromatic rings. The van der Waals surface area contributed by atoms with Crippen molar-refractivity contribution in [2.45, 2.75) is 6.10 Å². The minimum Gasteiger partial charge on any atom is -0.497 e. The van der Waals surface area contributed by atoms with Crippen LogP contribution < -0.4 is 20.7 Å². The van der Waals surface area contributed by atoms with Crippen LogP contribution in [0.25, 0.3) is 11.3 Å². The minimum absolute atomic E-state index is 0.0615. The van der Waals surface area contributed by atoms with Crippen LogP contribution in [0.5, 0.6) is 5.75 Å². The summed E-state index contributed by atoms with van der Waals surface area (Å²) in [5, 5.41) is 27.4. The molecule has 0 amide bonds. The van der Waals surface area contributed by atoms with E-state index in [1.807, 2.05) is 36.4 Å². The number of aromatic nitrogens is 4. The SMILES string of the molecule is COc1ccc(-c2nnc(Nc3cnc(C#N)cn3)cc2NC[C@@H]2CNCCO2)cc1. The fourth-order valence-electron chi connectivity index (χ4n) is 3.11. The Labute approximate surface area is 179 Å². The molecule has 3 heterocycles. The van der Waals surface area contributed by atoms with E-state index in [9.17, 15) is 0 Å². The third-order valence-corrected chi connectivity index (χ3v) is 4.70. The van der Waals surface area contributed by atoms with Gasteiger partial charge in [0, 0.05) is 31.3 Å². The number of methoxy groups -OCH3 is 1. The van der Waals surface area contributed by atoms with Crippen LogP contribution in [0, 0.1) is 11.3 Å². The fourth-order valence-corrected chi connectivity index (χ4v) is 3.11. The van der Waals surface area contributed by atoms with Crippen molar-refractivity contribution in [2.75, 3.05) is 44.0 Å². The van der Waals surface area contributed by atoms with Gasteiger partial charge < -0.3 is 25.4 Å². The second kappa shape index (κ2) is 9.80. The van der Waals surface area contributed by atoms with Gasteiger partial charge in [0.1, 0.15) is 23.3 Å². The molecule has 3 N–H and O–H groups in total. The molecular weight excluding hydrogens is 396 g/mol. The summed E-state index contributed by atoms with van der Waals surface area (Å²) in [5.41, 5.74) is 2.67. The highest BCUT2D eigenvalue weighted by Gasteiger charge is 2.16. The second-order valence-corrected chi connectivity index (χ2v) is 6.82. The maximum Gasteiger partial charge on any atom is 0.158 e. The molecule has 2 aromatic heterocycles. The summed E-state index contributed by atoms with van der Waals surface area (Å²) in [7, 11) is 1.63. The zero-order chi connectivity index (χ0) is 21.5. The van der Waals surface area contributed by atoms with Crippen LogP contribution in [0.2, 0.25) is 0 Å². The largest absolute Gasteiger partial charge is 0.497 e. The topological polar surface area (TPSA) is 130 Å². The van der Waals surface area contributed by atoms with Gasteiger partial charge in [-0.15, -0.1) is 10.2 Å². The van der Waals surface area contributed by atoms with E-state index in [-0.39, 0.29) is 11.8 Å². The number of benzene rings is 1. The zero-order valence-electron chi connectivity index (χ0n) is 17.0. The Balaban J connectivity index is 1.58. The lowest BCUT2D eigenvalue weighted by Gasteiger charge is -2.24. The molecule has 1 aliphatic heterocycles. The van der Waals surface area contributed by atoms with Crippen molar-refractivity contribution in [2.24, 2.45) is 0 Å². The van der Waals surface area contributed by atoms with E-state index in [0.29, 0.717) is 30.5 Å². The zero-order valence-corrected chi connectivity index (χ0v) is 17.0. The molecule has 1 aromatic carbocycles. The molecule has 1 saturated heterocycles. The number of morpholine rings is 1. The highest BCUT2D eigenvalue weighted by atomic mass is 16.5. The number of nitrogens with one attached hydrogen (secondary N) is 3. The van der Waals surface area contributed by atoms with E-state index >= 15 is 0 Å². The van der Waals surface area contributed by atoms with Gasteiger partial charge in [0.2, 0.25) is 0 Å². The summed E-state index contributed by atoms with van der Waals surface area (Å²) in [6.45, 7) is 2.97. The van der Waals surface area contributed by atoms with E-state index in [1.165, 1.54) is 12.4 Å². The predicted octanol–water partition coefficient (Wildman–Crippen LogP) is 1.96. The first-order valence-corrected chi connectivity index (χ1v) is 9.82. The Morgan fingerprint density at radius 3 is 2.74 bits per heavy atom. The molecule has 0 aliphatic carbocycles. The molecular formula is C21H22N8O2. The number of hydrogen-bond acceptors (Lipinski definition) is 10. The van der Waals surface area contributed by atoms with Gasteiger partial charge in [-0.25, -0.2) is 9.97 Å². The monoisotopic (exact) mass is 418 g/mol. The second-order valence-electron chi connectivity index (χ2n) is 6.82. The summed E-state index contributed by atoms with van der Waals surface area (Å²) in [5.74, 6) is 1.74. The Kier molecular flexibility index (Phi) is 6.47. The summed E-state index contributed by atoms with van der Waals surface area (Å²) in [6.07, 6.45) is 2.94. The van der Waals surface area contributed by atoms with Gasteiger partial charge in [-0.05, 0) is 24.3 Å². The lowest BCUT2D eigenvalue weighted by Crippen LogP contribution is -2.42. The smallest absolute Gasteiger partial charge is 0.158 e. The number of ether oxygens (including phenoxy) is 2. The van der Waals surface area contributed by atoms with E-state index < -0.39 is 0 Å². The quantitative estimate of drug-likeness (QED) is 0.523. The lowest BCUT2D eigenvalue weighted by molar-refractivity contribution is 0.0372. The fraction of sp³-hybridized carbons (Fsp3) is 0.286. The van der Waals surface area contributed by atoms with Crippen LogP contribution in [0.15, 0.2) is 42.7 Å². The number of nitrogens with zero attached hydrogens (tertiary/aromatic N) is 5. The van der Waals surface area contributed by atoms with E-state index in [0.717, 1.165) is 30.1 Å². The number of hydrogen-bond donors (Lipinski definition) is 3. The Bertz CT molecular complexity index is 1040. The number of rotatable bonds is 7.